The Morgan fingerprint density at radius 1 is 1.25 bits per heavy atom. The van der Waals surface area contributed by atoms with Crippen LogP contribution < -0.4 is 0 Å². The van der Waals surface area contributed by atoms with Gasteiger partial charge in [0.1, 0.15) is 0 Å². The maximum absolute atomic E-state index is 12.5. The van der Waals surface area contributed by atoms with Crippen LogP contribution in [-0.2, 0) is 22.2 Å². The van der Waals surface area contributed by atoms with E-state index in [0.29, 0.717) is 18.5 Å². The molecule has 1 saturated heterocycles. The summed E-state index contributed by atoms with van der Waals surface area (Å²) in [5, 5.41) is 9.12. The maximum atomic E-state index is 12.5. The summed E-state index contributed by atoms with van der Waals surface area (Å²) in [6.07, 6.45) is -4.06. The molecule has 1 heterocycles. The fourth-order valence-corrected chi connectivity index (χ4v) is 3.05. The lowest BCUT2D eigenvalue weighted by Crippen LogP contribution is -2.35. The highest BCUT2D eigenvalue weighted by Crippen LogP contribution is 2.30. The summed E-state index contributed by atoms with van der Waals surface area (Å²) in [5.74, 6) is -2.16. The van der Waals surface area contributed by atoms with Crippen molar-refractivity contribution in [2.75, 3.05) is 13.1 Å². The highest BCUT2D eigenvalue weighted by Gasteiger charge is 2.38. The summed E-state index contributed by atoms with van der Waals surface area (Å²) in [5.41, 5.74) is -0.0752. The number of aliphatic carboxylic acids is 1. The minimum Gasteiger partial charge on any atom is -0.481 e. The number of carbonyl (C=O) groups excluding carboxylic acids is 1. The lowest BCUT2D eigenvalue weighted by Gasteiger charge is -2.21. The number of hydrogen-bond acceptors (Lipinski definition) is 2. The zero-order valence-electron chi connectivity index (χ0n) is 13.5. The molecule has 1 aromatic rings. The molecule has 1 N–H and O–H groups in total. The maximum Gasteiger partial charge on any atom is 0.416 e. The Labute approximate surface area is 138 Å². The molecule has 3 atom stereocenters. The van der Waals surface area contributed by atoms with E-state index in [0.717, 1.165) is 12.1 Å². The van der Waals surface area contributed by atoms with Crippen LogP contribution in [-0.4, -0.2) is 35.0 Å². The molecular formula is C17H20F3NO3. The largest absolute Gasteiger partial charge is 0.481 e. The van der Waals surface area contributed by atoms with Gasteiger partial charge < -0.3 is 10.0 Å². The molecule has 0 aromatic heterocycles. The fourth-order valence-electron chi connectivity index (χ4n) is 3.05. The number of carbonyl (C=O) groups is 2. The third-order valence-electron chi connectivity index (χ3n) is 4.49. The monoisotopic (exact) mass is 343 g/mol. The highest BCUT2D eigenvalue weighted by molar-refractivity contribution is 5.81. The van der Waals surface area contributed by atoms with Crippen LogP contribution in [0.3, 0.4) is 0 Å². The van der Waals surface area contributed by atoms with Crippen LogP contribution in [0, 0.1) is 17.8 Å². The molecule has 2 rings (SSSR count). The van der Waals surface area contributed by atoms with Gasteiger partial charge in [-0.3, -0.25) is 9.59 Å². The van der Waals surface area contributed by atoms with Crippen LogP contribution in [0.1, 0.15) is 25.0 Å². The normalized spacial score (nSPS) is 22.5. The Morgan fingerprint density at radius 2 is 1.83 bits per heavy atom. The number of halogens is 3. The second kappa shape index (κ2) is 6.83. The summed E-state index contributed by atoms with van der Waals surface area (Å²) >= 11 is 0. The van der Waals surface area contributed by atoms with Crippen molar-refractivity contribution in [3.05, 3.63) is 35.4 Å². The Hall–Kier alpha value is -2.05. The number of benzene rings is 1. The summed E-state index contributed by atoms with van der Waals surface area (Å²) in [4.78, 5) is 25.1. The first-order chi connectivity index (χ1) is 11.1. The van der Waals surface area contributed by atoms with Gasteiger partial charge in [0.15, 0.2) is 0 Å². The molecule has 1 amide bonds. The molecule has 24 heavy (non-hydrogen) atoms. The van der Waals surface area contributed by atoms with Crippen LogP contribution >= 0.6 is 0 Å². The number of carboxylic acid groups (broad SMARTS) is 1. The standard InChI is InChI=1S/C17H20F3NO3/c1-10(7-12-3-5-13(6-4-12)17(18,19)20)15(22)21-8-11(2)14(9-21)16(23)24/h3-6,10-11,14H,7-9H2,1-2H3,(H,23,24)/t10?,11-,14-/m1/s1. The number of rotatable bonds is 4. The van der Waals surface area contributed by atoms with Crippen molar-refractivity contribution in [2.24, 2.45) is 17.8 Å². The van der Waals surface area contributed by atoms with E-state index >= 15 is 0 Å². The summed E-state index contributed by atoms with van der Waals surface area (Å²) in [7, 11) is 0. The van der Waals surface area contributed by atoms with E-state index in [-0.39, 0.29) is 18.4 Å². The zero-order valence-corrected chi connectivity index (χ0v) is 13.5. The highest BCUT2D eigenvalue weighted by atomic mass is 19.4. The van der Waals surface area contributed by atoms with Gasteiger partial charge >= 0.3 is 12.1 Å². The minimum absolute atomic E-state index is 0.107. The van der Waals surface area contributed by atoms with Gasteiger partial charge in [-0.2, -0.15) is 13.2 Å². The molecule has 0 spiro atoms. The Balaban J connectivity index is 1.98. The molecule has 132 valence electrons. The average molecular weight is 343 g/mol. The van der Waals surface area contributed by atoms with Gasteiger partial charge in [-0.15, -0.1) is 0 Å². The summed E-state index contributed by atoms with van der Waals surface area (Å²) in [6.45, 7) is 4.09. The molecule has 0 bridgehead atoms. The van der Waals surface area contributed by atoms with Gasteiger partial charge in [0.05, 0.1) is 11.5 Å². The number of hydrogen-bond donors (Lipinski definition) is 1. The third kappa shape index (κ3) is 4.07. The molecule has 1 aliphatic heterocycles. The topological polar surface area (TPSA) is 57.6 Å². The quantitative estimate of drug-likeness (QED) is 0.914. The second-order valence-electron chi connectivity index (χ2n) is 6.47. The molecular weight excluding hydrogens is 323 g/mol. The number of carboxylic acids is 1. The van der Waals surface area contributed by atoms with Crippen LogP contribution in [0.4, 0.5) is 13.2 Å². The van der Waals surface area contributed by atoms with Gasteiger partial charge in [-0.05, 0) is 30.0 Å². The predicted molar refractivity (Wildman–Crippen MR) is 81.2 cm³/mol. The van der Waals surface area contributed by atoms with E-state index < -0.39 is 29.5 Å². The third-order valence-corrected chi connectivity index (χ3v) is 4.49. The molecule has 0 saturated carbocycles. The fraction of sp³-hybridized carbons (Fsp3) is 0.529. The van der Waals surface area contributed by atoms with Crippen molar-refractivity contribution in [3.63, 3.8) is 0 Å². The number of amides is 1. The van der Waals surface area contributed by atoms with Crippen molar-refractivity contribution >= 4 is 11.9 Å². The van der Waals surface area contributed by atoms with E-state index in [1.165, 1.54) is 17.0 Å². The molecule has 1 unspecified atom stereocenters. The first-order valence-electron chi connectivity index (χ1n) is 7.77. The first kappa shape index (κ1) is 18.3. The van der Waals surface area contributed by atoms with E-state index in [9.17, 15) is 22.8 Å². The molecule has 7 heteroatoms. The number of likely N-dealkylation sites (tertiary alicyclic amines) is 1. The Morgan fingerprint density at radius 3 is 2.29 bits per heavy atom. The van der Waals surface area contributed by atoms with Gasteiger partial charge in [-0.1, -0.05) is 26.0 Å². The molecule has 4 nitrogen and oxygen atoms in total. The van der Waals surface area contributed by atoms with Crippen molar-refractivity contribution < 1.29 is 27.9 Å². The van der Waals surface area contributed by atoms with Crippen molar-refractivity contribution in [1.29, 1.82) is 0 Å². The van der Waals surface area contributed by atoms with Crippen molar-refractivity contribution in [2.45, 2.75) is 26.4 Å². The van der Waals surface area contributed by atoms with E-state index in [1.807, 2.05) is 0 Å². The Bertz CT molecular complexity index is 613. The summed E-state index contributed by atoms with van der Waals surface area (Å²) in [6, 6.07) is 4.76. The molecule has 1 aromatic carbocycles. The second-order valence-corrected chi connectivity index (χ2v) is 6.47. The van der Waals surface area contributed by atoms with Crippen LogP contribution in [0.5, 0.6) is 0 Å². The van der Waals surface area contributed by atoms with Gasteiger partial charge in [0, 0.05) is 19.0 Å². The van der Waals surface area contributed by atoms with E-state index in [4.69, 9.17) is 5.11 Å². The molecule has 0 radical (unpaired) electrons. The van der Waals surface area contributed by atoms with E-state index in [1.54, 1.807) is 13.8 Å². The SMILES string of the molecule is CC(Cc1ccc(C(F)(F)F)cc1)C(=O)N1C[C@@H](C)[C@H](C(=O)O)C1. The zero-order chi connectivity index (χ0) is 18.1. The lowest BCUT2D eigenvalue weighted by molar-refractivity contribution is -0.142. The van der Waals surface area contributed by atoms with Crippen molar-refractivity contribution in [1.82, 2.24) is 4.90 Å². The molecule has 1 fully saturated rings. The van der Waals surface area contributed by atoms with Crippen LogP contribution in [0.15, 0.2) is 24.3 Å². The molecule has 1 aliphatic rings. The van der Waals surface area contributed by atoms with Gasteiger partial charge in [0.2, 0.25) is 5.91 Å². The minimum atomic E-state index is -4.38. The number of nitrogens with zero attached hydrogens (tertiary/aromatic N) is 1. The Kier molecular flexibility index (Phi) is 5.20. The van der Waals surface area contributed by atoms with Gasteiger partial charge in [-0.25, -0.2) is 0 Å². The summed E-state index contributed by atoms with van der Waals surface area (Å²) < 4.78 is 37.6. The predicted octanol–water partition coefficient (Wildman–Crippen LogP) is 3.06. The lowest BCUT2D eigenvalue weighted by atomic mass is 9.99. The average Bonchev–Trinajstić information content (AvgIpc) is 2.88. The number of alkyl halides is 3. The van der Waals surface area contributed by atoms with Crippen LogP contribution in [0.2, 0.25) is 0 Å². The van der Waals surface area contributed by atoms with E-state index in [2.05, 4.69) is 0 Å². The van der Waals surface area contributed by atoms with Crippen LogP contribution in [0.25, 0.3) is 0 Å². The smallest absolute Gasteiger partial charge is 0.416 e. The van der Waals surface area contributed by atoms with Gasteiger partial charge in [0.25, 0.3) is 0 Å². The molecule has 0 aliphatic carbocycles. The van der Waals surface area contributed by atoms with Crippen molar-refractivity contribution in [3.8, 4) is 0 Å². The first-order valence-corrected chi connectivity index (χ1v) is 7.77.